The van der Waals surface area contributed by atoms with Crippen LogP contribution in [-0.4, -0.2) is 22.5 Å². The number of Topliss-reactive ketones (excluding diaryl/α,β-unsaturated/α-hetero) is 1. The molecule has 1 rings (SSSR count). The van der Waals surface area contributed by atoms with Crippen LogP contribution in [0.2, 0.25) is 0 Å². The average Bonchev–Trinajstić information content (AvgIpc) is 2.37. The average molecular weight is 296 g/mol. The number of carbonyl (C=O) groups excluding carboxylic acids is 1. The van der Waals surface area contributed by atoms with Crippen molar-refractivity contribution in [1.29, 1.82) is 0 Å². The zero-order valence-electron chi connectivity index (χ0n) is 11.5. The van der Waals surface area contributed by atoms with Gasteiger partial charge < -0.3 is 10.1 Å². The van der Waals surface area contributed by atoms with Crippen LogP contribution in [0.15, 0.2) is 24.3 Å². The Morgan fingerprint density at radius 2 is 1.95 bits per heavy atom. The maximum atomic E-state index is 11.3. The zero-order valence-corrected chi connectivity index (χ0v) is 12.3. The number of hydrogen-bond acceptors (Lipinski definition) is 5. The molecule has 0 saturated heterocycles. The third kappa shape index (κ3) is 4.58. The SMILES string of the molecule is CC(=O)C(C)(C)COC(=S)Nc1ccc([N+](=O)[O-])cc1. The van der Waals surface area contributed by atoms with Crippen molar-refractivity contribution < 1.29 is 14.5 Å². The van der Waals surface area contributed by atoms with Crippen LogP contribution in [0.5, 0.6) is 0 Å². The molecule has 108 valence electrons. The van der Waals surface area contributed by atoms with E-state index in [1.807, 2.05) is 0 Å². The molecule has 1 N–H and O–H groups in total. The molecular weight excluding hydrogens is 280 g/mol. The van der Waals surface area contributed by atoms with Crippen LogP contribution >= 0.6 is 12.2 Å². The molecule has 0 atom stereocenters. The Balaban J connectivity index is 2.54. The highest BCUT2D eigenvalue weighted by Crippen LogP contribution is 2.18. The van der Waals surface area contributed by atoms with Crippen LogP contribution in [0.1, 0.15) is 20.8 Å². The molecule has 1 aromatic carbocycles. The minimum absolute atomic E-state index is 0.0000924. The molecule has 0 heterocycles. The Bertz CT molecular complexity index is 526. The highest BCUT2D eigenvalue weighted by molar-refractivity contribution is 7.80. The number of rotatable bonds is 5. The molecule has 0 amide bonds. The fourth-order valence-electron chi connectivity index (χ4n) is 1.17. The summed E-state index contributed by atoms with van der Waals surface area (Å²) in [7, 11) is 0. The predicted molar refractivity (Wildman–Crippen MR) is 79.7 cm³/mol. The quantitative estimate of drug-likeness (QED) is 0.511. The van der Waals surface area contributed by atoms with Gasteiger partial charge in [0.2, 0.25) is 0 Å². The lowest BCUT2D eigenvalue weighted by atomic mass is 9.90. The van der Waals surface area contributed by atoms with Gasteiger partial charge >= 0.3 is 0 Å². The normalized spacial score (nSPS) is 10.8. The Morgan fingerprint density at radius 1 is 1.40 bits per heavy atom. The molecule has 7 heteroatoms. The van der Waals surface area contributed by atoms with Crippen molar-refractivity contribution in [3.05, 3.63) is 34.4 Å². The van der Waals surface area contributed by atoms with Crippen LogP contribution in [0.4, 0.5) is 11.4 Å². The van der Waals surface area contributed by atoms with Gasteiger partial charge in [-0.05, 0) is 45.1 Å². The summed E-state index contributed by atoms with van der Waals surface area (Å²) in [6, 6.07) is 5.79. The number of nitro benzene ring substituents is 1. The van der Waals surface area contributed by atoms with E-state index in [0.717, 1.165) is 0 Å². The Kier molecular flexibility index (Phi) is 5.15. The Morgan fingerprint density at radius 3 is 2.40 bits per heavy atom. The summed E-state index contributed by atoms with van der Waals surface area (Å²) in [5.41, 5.74) is -0.0253. The number of hydrogen-bond donors (Lipinski definition) is 1. The predicted octanol–water partition coefficient (Wildman–Crippen LogP) is 2.92. The van der Waals surface area contributed by atoms with Crippen LogP contribution in [0, 0.1) is 15.5 Å². The highest BCUT2D eigenvalue weighted by atomic mass is 32.1. The largest absolute Gasteiger partial charge is 0.470 e. The number of carbonyl (C=O) groups is 1. The van der Waals surface area contributed by atoms with Crippen molar-refractivity contribution in [2.24, 2.45) is 5.41 Å². The first-order valence-electron chi connectivity index (χ1n) is 5.91. The molecule has 0 aliphatic heterocycles. The second-order valence-corrected chi connectivity index (χ2v) is 5.32. The van der Waals surface area contributed by atoms with E-state index in [1.165, 1.54) is 31.2 Å². The van der Waals surface area contributed by atoms with Gasteiger partial charge in [0, 0.05) is 17.8 Å². The topological polar surface area (TPSA) is 81.5 Å². The first-order chi connectivity index (χ1) is 9.22. The molecule has 0 fully saturated rings. The highest BCUT2D eigenvalue weighted by Gasteiger charge is 2.25. The van der Waals surface area contributed by atoms with Crippen LogP contribution in [-0.2, 0) is 9.53 Å². The smallest absolute Gasteiger partial charge is 0.269 e. The lowest BCUT2D eigenvalue weighted by molar-refractivity contribution is -0.384. The number of ketones is 1. The molecule has 0 aliphatic rings. The molecule has 20 heavy (non-hydrogen) atoms. The van der Waals surface area contributed by atoms with Crippen molar-refractivity contribution in [3.8, 4) is 0 Å². The van der Waals surface area contributed by atoms with E-state index in [4.69, 9.17) is 17.0 Å². The van der Waals surface area contributed by atoms with Crippen molar-refractivity contribution in [2.45, 2.75) is 20.8 Å². The number of nitro groups is 1. The van der Waals surface area contributed by atoms with Gasteiger partial charge in [-0.1, -0.05) is 0 Å². The number of nitrogens with zero attached hydrogens (tertiary/aromatic N) is 1. The second kappa shape index (κ2) is 6.42. The summed E-state index contributed by atoms with van der Waals surface area (Å²) >= 11 is 5.00. The summed E-state index contributed by atoms with van der Waals surface area (Å²) in [6.45, 7) is 5.20. The van der Waals surface area contributed by atoms with Gasteiger partial charge in [-0.25, -0.2) is 0 Å². The van der Waals surface area contributed by atoms with Gasteiger partial charge in [-0.2, -0.15) is 0 Å². The van der Waals surface area contributed by atoms with E-state index in [9.17, 15) is 14.9 Å². The van der Waals surface area contributed by atoms with Crippen LogP contribution < -0.4 is 5.32 Å². The standard InChI is InChI=1S/C13H16N2O4S/c1-9(16)13(2,3)8-19-12(20)14-10-4-6-11(7-5-10)15(17)18/h4-7H,8H2,1-3H3,(H,14,20). The van der Waals surface area contributed by atoms with Crippen LogP contribution in [0.3, 0.4) is 0 Å². The summed E-state index contributed by atoms with van der Waals surface area (Å²) in [6.07, 6.45) is 0. The van der Waals surface area contributed by atoms with E-state index in [0.29, 0.717) is 5.69 Å². The van der Waals surface area contributed by atoms with Crippen molar-refractivity contribution in [2.75, 3.05) is 11.9 Å². The minimum Gasteiger partial charge on any atom is -0.470 e. The molecule has 0 radical (unpaired) electrons. The molecule has 0 aromatic heterocycles. The van der Waals surface area contributed by atoms with E-state index in [-0.39, 0.29) is 23.3 Å². The first kappa shape index (κ1) is 16.0. The minimum atomic E-state index is -0.610. The summed E-state index contributed by atoms with van der Waals surface area (Å²) < 4.78 is 5.32. The lowest BCUT2D eigenvalue weighted by Gasteiger charge is -2.21. The van der Waals surface area contributed by atoms with Gasteiger partial charge in [0.15, 0.2) is 0 Å². The van der Waals surface area contributed by atoms with E-state index < -0.39 is 10.3 Å². The summed E-state index contributed by atoms with van der Waals surface area (Å²) in [5, 5.41) is 13.4. The lowest BCUT2D eigenvalue weighted by Crippen LogP contribution is -2.30. The van der Waals surface area contributed by atoms with Crippen LogP contribution in [0.25, 0.3) is 0 Å². The maximum Gasteiger partial charge on any atom is 0.269 e. The van der Waals surface area contributed by atoms with Crippen molar-refractivity contribution in [3.63, 3.8) is 0 Å². The molecule has 0 spiro atoms. The fraction of sp³-hybridized carbons (Fsp3) is 0.385. The number of non-ortho nitro benzene ring substituents is 1. The number of benzene rings is 1. The molecular formula is C13H16N2O4S. The third-order valence-corrected chi connectivity index (χ3v) is 3.06. The molecule has 1 aromatic rings. The Labute approximate surface area is 122 Å². The van der Waals surface area contributed by atoms with Gasteiger partial charge in [-0.3, -0.25) is 14.9 Å². The Hall–Kier alpha value is -2.02. The van der Waals surface area contributed by atoms with Crippen molar-refractivity contribution in [1.82, 2.24) is 0 Å². The number of anilines is 1. The van der Waals surface area contributed by atoms with Gasteiger partial charge in [-0.15, -0.1) is 0 Å². The summed E-state index contributed by atoms with van der Waals surface area (Å²) in [5.74, 6) is 0.00985. The van der Waals surface area contributed by atoms with Gasteiger partial charge in [0.05, 0.1) is 10.3 Å². The molecule has 0 bridgehead atoms. The van der Waals surface area contributed by atoms with E-state index in [1.54, 1.807) is 13.8 Å². The number of ether oxygens (including phenoxy) is 1. The molecule has 6 nitrogen and oxygen atoms in total. The molecule has 0 saturated carbocycles. The first-order valence-corrected chi connectivity index (χ1v) is 6.32. The molecule has 0 unspecified atom stereocenters. The zero-order chi connectivity index (χ0) is 15.3. The van der Waals surface area contributed by atoms with E-state index >= 15 is 0 Å². The fourth-order valence-corrected chi connectivity index (χ4v) is 1.34. The number of nitrogens with one attached hydrogen (secondary N) is 1. The van der Waals surface area contributed by atoms with Crippen molar-refractivity contribution >= 4 is 34.6 Å². The van der Waals surface area contributed by atoms with Gasteiger partial charge in [0.1, 0.15) is 12.4 Å². The summed E-state index contributed by atoms with van der Waals surface area (Å²) in [4.78, 5) is 21.4. The van der Waals surface area contributed by atoms with E-state index in [2.05, 4.69) is 5.32 Å². The second-order valence-electron chi connectivity index (χ2n) is 4.95. The maximum absolute atomic E-state index is 11.3. The number of thiocarbonyl (C=S) groups is 1. The molecule has 0 aliphatic carbocycles. The monoisotopic (exact) mass is 296 g/mol. The third-order valence-electron chi connectivity index (χ3n) is 2.84. The van der Waals surface area contributed by atoms with Gasteiger partial charge in [0.25, 0.3) is 10.9 Å².